The lowest BCUT2D eigenvalue weighted by atomic mass is 9.60. The second kappa shape index (κ2) is 7.84. The summed E-state index contributed by atoms with van der Waals surface area (Å²) in [7, 11) is 0. The van der Waals surface area contributed by atoms with E-state index in [4.69, 9.17) is 9.26 Å². The highest BCUT2D eigenvalue weighted by molar-refractivity contribution is 9.10. The van der Waals surface area contributed by atoms with E-state index in [1.54, 1.807) is 6.26 Å². The van der Waals surface area contributed by atoms with Crippen molar-refractivity contribution in [3.8, 4) is 0 Å². The topological polar surface area (TPSA) is 90.9 Å². The number of halogens is 1. The van der Waals surface area contributed by atoms with Gasteiger partial charge in [-0.15, -0.1) is 5.10 Å². The Bertz CT molecular complexity index is 788. The fourth-order valence-electron chi connectivity index (χ4n) is 5.04. The van der Waals surface area contributed by atoms with Crippen molar-refractivity contribution in [1.82, 2.24) is 30.7 Å². The fraction of sp³-hybridized carbons (Fsp3) is 0.789. The highest BCUT2D eigenvalue weighted by atomic mass is 79.9. The van der Waals surface area contributed by atoms with Gasteiger partial charge in [-0.1, -0.05) is 11.6 Å². The van der Waals surface area contributed by atoms with Gasteiger partial charge in [0.25, 0.3) is 0 Å². The first-order valence-electron chi connectivity index (χ1n) is 10.5. The molecule has 2 aliphatic carbocycles. The third kappa shape index (κ3) is 3.64. The molecule has 3 heterocycles. The van der Waals surface area contributed by atoms with E-state index < -0.39 is 0 Å². The van der Waals surface area contributed by atoms with E-state index in [1.165, 1.54) is 44.9 Å². The SMILES string of the molecule is Brc1conc1C(NC1CCC2(CCC2)CC1)c1nnnn1CC1CCCO1. The Hall–Kier alpha value is -1.32. The molecule has 0 radical (unpaired) electrons. The number of hydrogen-bond donors (Lipinski definition) is 1. The molecule has 8 nitrogen and oxygen atoms in total. The van der Waals surface area contributed by atoms with Crippen molar-refractivity contribution in [2.45, 2.75) is 82.5 Å². The summed E-state index contributed by atoms with van der Waals surface area (Å²) in [5.74, 6) is 0.772. The number of ether oxygens (including phenoxy) is 1. The molecular formula is C19H27BrN6O2. The second-order valence-electron chi connectivity index (χ2n) is 8.63. The summed E-state index contributed by atoms with van der Waals surface area (Å²) in [6, 6.07) is 0.234. The molecule has 5 rings (SSSR count). The molecule has 2 atom stereocenters. The first-order valence-corrected chi connectivity index (χ1v) is 11.3. The normalized spacial score (nSPS) is 25.8. The van der Waals surface area contributed by atoms with E-state index in [9.17, 15) is 0 Å². The third-order valence-corrected chi connectivity index (χ3v) is 7.50. The number of tetrazole rings is 1. The van der Waals surface area contributed by atoms with Crippen LogP contribution in [0.2, 0.25) is 0 Å². The number of hydrogen-bond acceptors (Lipinski definition) is 7. The summed E-state index contributed by atoms with van der Waals surface area (Å²) in [6.07, 6.45) is 13.2. The van der Waals surface area contributed by atoms with Gasteiger partial charge in [0.2, 0.25) is 0 Å². The standard InChI is InChI=1S/C19H27BrN6O2/c20-15-12-28-23-16(15)17(21-13-4-8-19(9-5-13)6-2-7-19)18-22-24-25-26(18)11-14-3-1-10-27-14/h12-14,17,21H,1-11H2. The molecular weight excluding hydrogens is 424 g/mol. The zero-order chi connectivity index (χ0) is 19.0. The molecule has 2 unspecified atom stereocenters. The minimum Gasteiger partial charge on any atom is -0.376 e. The van der Waals surface area contributed by atoms with E-state index in [2.05, 4.69) is 41.9 Å². The molecule has 0 aromatic carbocycles. The molecule has 0 amide bonds. The fourth-order valence-corrected chi connectivity index (χ4v) is 5.42. The van der Waals surface area contributed by atoms with Crippen LogP contribution in [0.1, 0.15) is 75.3 Å². The summed E-state index contributed by atoms with van der Waals surface area (Å²) < 4.78 is 13.7. The maximum atomic E-state index is 5.79. The zero-order valence-electron chi connectivity index (χ0n) is 16.0. The maximum absolute atomic E-state index is 5.79. The third-order valence-electron chi connectivity index (χ3n) is 6.91. The first kappa shape index (κ1) is 18.7. The lowest BCUT2D eigenvalue weighted by Gasteiger charge is -2.47. The minimum atomic E-state index is -0.204. The molecule has 28 heavy (non-hydrogen) atoms. The van der Waals surface area contributed by atoms with Crippen LogP contribution in [0.3, 0.4) is 0 Å². The zero-order valence-corrected chi connectivity index (χ0v) is 17.6. The average molecular weight is 451 g/mol. The molecule has 2 aromatic heterocycles. The van der Waals surface area contributed by atoms with Crippen LogP contribution in [0.15, 0.2) is 15.3 Å². The van der Waals surface area contributed by atoms with Gasteiger partial charge in [-0.05, 0) is 83.1 Å². The van der Waals surface area contributed by atoms with Crippen LogP contribution >= 0.6 is 15.9 Å². The lowest BCUT2D eigenvalue weighted by molar-refractivity contribution is 0.0621. The van der Waals surface area contributed by atoms with Crippen LogP contribution < -0.4 is 5.32 Å². The highest BCUT2D eigenvalue weighted by Gasteiger charge is 2.41. The number of nitrogens with zero attached hydrogens (tertiary/aromatic N) is 5. The number of nitrogens with one attached hydrogen (secondary N) is 1. The Kier molecular flexibility index (Phi) is 5.23. The van der Waals surface area contributed by atoms with Gasteiger partial charge in [0, 0.05) is 12.6 Å². The smallest absolute Gasteiger partial charge is 0.174 e. The summed E-state index contributed by atoms with van der Waals surface area (Å²) in [6.45, 7) is 1.49. The summed E-state index contributed by atoms with van der Waals surface area (Å²) in [4.78, 5) is 0. The minimum absolute atomic E-state index is 0.178. The van der Waals surface area contributed by atoms with Crippen LogP contribution in [0, 0.1) is 5.41 Å². The second-order valence-corrected chi connectivity index (χ2v) is 9.48. The maximum Gasteiger partial charge on any atom is 0.174 e. The van der Waals surface area contributed by atoms with Gasteiger partial charge in [0.1, 0.15) is 18.0 Å². The Morgan fingerprint density at radius 2 is 2.07 bits per heavy atom. The molecule has 3 aliphatic rings. The predicted octanol–water partition coefficient (Wildman–Crippen LogP) is 3.39. The Balaban J connectivity index is 1.35. The van der Waals surface area contributed by atoms with Crippen LogP contribution in [-0.2, 0) is 11.3 Å². The molecule has 1 spiro atoms. The van der Waals surface area contributed by atoms with Crippen LogP contribution in [0.4, 0.5) is 0 Å². The molecule has 9 heteroatoms. The average Bonchev–Trinajstić information content (AvgIpc) is 3.43. The monoisotopic (exact) mass is 450 g/mol. The van der Waals surface area contributed by atoms with Gasteiger partial charge in [0.05, 0.1) is 17.1 Å². The molecule has 1 aliphatic heterocycles. The van der Waals surface area contributed by atoms with Crippen molar-refractivity contribution in [3.05, 3.63) is 22.3 Å². The Morgan fingerprint density at radius 3 is 2.71 bits per heavy atom. The quantitative estimate of drug-likeness (QED) is 0.720. The van der Waals surface area contributed by atoms with Crippen molar-refractivity contribution in [2.75, 3.05) is 6.61 Å². The van der Waals surface area contributed by atoms with Crippen molar-refractivity contribution < 1.29 is 9.26 Å². The van der Waals surface area contributed by atoms with Gasteiger partial charge < -0.3 is 9.26 Å². The first-order chi connectivity index (χ1) is 13.7. The molecule has 3 fully saturated rings. The summed E-state index contributed by atoms with van der Waals surface area (Å²) in [5, 5.41) is 20.6. The largest absolute Gasteiger partial charge is 0.376 e. The van der Waals surface area contributed by atoms with E-state index >= 15 is 0 Å². The molecule has 2 saturated carbocycles. The Labute approximate surface area is 172 Å². The van der Waals surface area contributed by atoms with Gasteiger partial charge in [-0.25, -0.2) is 4.68 Å². The Morgan fingerprint density at radius 1 is 1.21 bits per heavy atom. The highest BCUT2D eigenvalue weighted by Crippen LogP contribution is 2.51. The van der Waals surface area contributed by atoms with Gasteiger partial charge in [-0.2, -0.15) is 0 Å². The van der Waals surface area contributed by atoms with E-state index in [1.807, 2.05) is 4.68 Å². The van der Waals surface area contributed by atoms with Crippen molar-refractivity contribution in [2.24, 2.45) is 5.41 Å². The van der Waals surface area contributed by atoms with E-state index in [0.717, 1.165) is 35.4 Å². The van der Waals surface area contributed by atoms with Crippen LogP contribution in [-0.4, -0.2) is 44.1 Å². The molecule has 1 saturated heterocycles. The van der Waals surface area contributed by atoms with Gasteiger partial charge >= 0.3 is 0 Å². The van der Waals surface area contributed by atoms with Crippen molar-refractivity contribution in [1.29, 1.82) is 0 Å². The van der Waals surface area contributed by atoms with Crippen molar-refractivity contribution in [3.63, 3.8) is 0 Å². The molecule has 152 valence electrons. The lowest BCUT2D eigenvalue weighted by Crippen LogP contribution is -2.43. The predicted molar refractivity (Wildman–Crippen MR) is 105 cm³/mol. The van der Waals surface area contributed by atoms with Crippen molar-refractivity contribution >= 4 is 15.9 Å². The van der Waals surface area contributed by atoms with Gasteiger partial charge in [0.15, 0.2) is 5.82 Å². The van der Waals surface area contributed by atoms with E-state index in [0.29, 0.717) is 18.0 Å². The van der Waals surface area contributed by atoms with E-state index in [-0.39, 0.29) is 12.1 Å². The molecule has 2 aromatic rings. The van der Waals surface area contributed by atoms with Crippen LogP contribution in [0.5, 0.6) is 0 Å². The summed E-state index contributed by atoms with van der Waals surface area (Å²) in [5.41, 5.74) is 1.44. The molecule has 0 bridgehead atoms. The molecule has 1 N–H and O–H groups in total. The number of rotatable bonds is 6. The number of aromatic nitrogens is 5. The summed E-state index contributed by atoms with van der Waals surface area (Å²) >= 11 is 3.57. The van der Waals surface area contributed by atoms with Crippen LogP contribution in [0.25, 0.3) is 0 Å². The van der Waals surface area contributed by atoms with Gasteiger partial charge in [-0.3, -0.25) is 5.32 Å².